The number of likely N-dealkylation sites (tertiary alicyclic amines) is 1. The molecule has 0 aliphatic carbocycles. The molecule has 18 heavy (non-hydrogen) atoms. The lowest BCUT2D eigenvalue weighted by Gasteiger charge is -2.49. The van der Waals surface area contributed by atoms with Gasteiger partial charge >= 0.3 is 5.97 Å². The SMILES string of the molecule is COC(=O)CCC1C2C(CN1C)C1CCN2CC1. The maximum Gasteiger partial charge on any atom is 0.305 e. The van der Waals surface area contributed by atoms with Crippen molar-refractivity contribution in [2.24, 2.45) is 11.8 Å². The molecule has 4 aliphatic heterocycles. The number of carbonyl (C=O) groups is 1. The lowest BCUT2D eigenvalue weighted by atomic mass is 9.73. The Hall–Kier alpha value is -0.610. The summed E-state index contributed by atoms with van der Waals surface area (Å²) >= 11 is 0. The van der Waals surface area contributed by atoms with Gasteiger partial charge in [-0.1, -0.05) is 0 Å². The molecule has 3 unspecified atom stereocenters. The van der Waals surface area contributed by atoms with Gasteiger partial charge in [-0.05, 0) is 51.2 Å². The minimum absolute atomic E-state index is 0.0668. The summed E-state index contributed by atoms with van der Waals surface area (Å²) in [7, 11) is 3.70. The van der Waals surface area contributed by atoms with Gasteiger partial charge in [-0.3, -0.25) is 9.69 Å². The van der Waals surface area contributed by atoms with Crippen LogP contribution in [-0.4, -0.2) is 61.6 Å². The second kappa shape index (κ2) is 4.82. The zero-order chi connectivity index (χ0) is 12.7. The van der Waals surface area contributed by atoms with Crippen LogP contribution in [0.3, 0.4) is 0 Å². The van der Waals surface area contributed by atoms with Gasteiger partial charge in [0.2, 0.25) is 0 Å². The van der Waals surface area contributed by atoms with Gasteiger partial charge < -0.3 is 9.64 Å². The Bertz CT molecular complexity index is 326. The van der Waals surface area contributed by atoms with Crippen molar-refractivity contribution >= 4 is 5.97 Å². The number of rotatable bonds is 3. The van der Waals surface area contributed by atoms with E-state index in [-0.39, 0.29) is 5.97 Å². The number of hydrogen-bond donors (Lipinski definition) is 0. The summed E-state index contributed by atoms with van der Waals surface area (Å²) in [5, 5.41) is 0. The van der Waals surface area contributed by atoms with Gasteiger partial charge in [-0.25, -0.2) is 0 Å². The first-order valence-electron chi connectivity index (χ1n) is 7.22. The Labute approximate surface area is 109 Å². The second-order valence-corrected chi connectivity index (χ2v) is 6.15. The zero-order valence-corrected chi connectivity index (χ0v) is 11.5. The molecule has 0 N–H and O–H groups in total. The number of likely N-dealkylation sites (N-methyl/N-ethyl adjacent to an activating group) is 1. The van der Waals surface area contributed by atoms with E-state index < -0.39 is 0 Å². The topological polar surface area (TPSA) is 32.8 Å². The number of hydrogen-bond acceptors (Lipinski definition) is 4. The molecule has 0 aromatic carbocycles. The van der Waals surface area contributed by atoms with Gasteiger partial charge in [-0.15, -0.1) is 0 Å². The van der Waals surface area contributed by atoms with Gasteiger partial charge in [-0.2, -0.15) is 0 Å². The number of fused-ring (bicyclic) bond motifs is 2. The molecule has 0 saturated carbocycles. The van der Waals surface area contributed by atoms with Crippen molar-refractivity contribution in [3.63, 3.8) is 0 Å². The summed E-state index contributed by atoms with van der Waals surface area (Å²) in [4.78, 5) is 16.5. The Morgan fingerprint density at radius 2 is 2.06 bits per heavy atom. The summed E-state index contributed by atoms with van der Waals surface area (Å²) in [5.41, 5.74) is 0. The highest BCUT2D eigenvalue weighted by atomic mass is 16.5. The minimum atomic E-state index is -0.0668. The van der Waals surface area contributed by atoms with Crippen molar-refractivity contribution in [2.45, 2.75) is 37.8 Å². The van der Waals surface area contributed by atoms with Crippen LogP contribution in [-0.2, 0) is 9.53 Å². The molecule has 0 radical (unpaired) electrons. The molecule has 4 fully saturated rings. The summed E-state index contributed by atoms with van der Waals surface area (Å²) in [6.07, 6.45) is 4.29. The average Bonchev–Trinajstić information content (AvgIpc) is 2.75. The fraction of sp³-hybridized carbons (Fsp3) is 0.929. The van der Waals surface area contributed by atoms with Crippen LogP contribution in [0.5, 0.6) is 0 Å². The number of esters is 1. The highest BCUT2D eigenvalue weighted by Crippen LogP contribution is 2.44. The summed E-state index contributed by atoms with van der Waals surface area (Å²) in [5.74, 6) is 1.72. The molecule has 0 aromatic rings. The third-order valence-electron chi connectivity index (χ3n) is 5.37. The number of ether oxygens (including phenoxy) is 1. The number of nitrogens with zero attached hydrogens (tertiary/aromatic N) is 2. The van der Waals surface area contributed by atoms with E-state index in [1.807, 2.05) is 0 Å². The summed E-state index contributed by atoms with van der Waals surface area (Å²) < 4.78 is 4.77. The Morgan fingerprint density at radius 3 is 2.72 bits per heavy atom. The summed E-state index contributed by atoms with van der Waals surface area (Å²) in [6, 6.07) is 1.25. The van der Waals surface area contributed by atoms with E-state index in [0.717, 1.165) is 18.3 Å². The highest BCUT2D eigenvalue weighted by molar-refractivity contribution is 5.69. The van der Waals surface area contributed by atoms with Crippen LogP contribution in [0.2, 0.25) is 0 Å². The smallest absolute Gasteiger partial charge is 0.305 e. The molecule has 4 saturated heterocycles. The Morgan fingerprint density at radius 1 is 1.33 bits per heavy atom. The molecule has 0 amide bonds. The molecule has 102 valence electrons. The zero-order valence-electron chi connectivity index (χ0n) is 11.5. The molecule has 4 heteroatoms. The molecule has 3 atom stereocenters. The predicted molar refractivity (Wildman–Crippen MR) is 69.2 cm³/mol. The van der Waals surface area contributed by atoms with Crippen LogP contribution in [0.4, 0.5) is 0 Å². The third kappa shape index (κ3) is 1.95. The molecule has 4 heterocycles. The predicted octanol–water partition coefficient (Wildman–Crippen LogP) is 0.964. The van der Waals surface area contributed by atoms with Crippen LogP contribution in [0.25, 0.3) is 0 Å². The van der Waals surface area contributed by atoms with E-state index >= 15 is 0 Å². The van der Waals surface area contributed by atoms with E-state index in [1.54, 1.807) is 0 Å². The summed E-state index contributed by atoms with van der Waals surface area (Å²) in [6.45, 7) is 3.76. The molecule has 4 aliphatic rings. The largest absolute Gasteiger partial charge is 0.469 e. The lowest BCUT2D eigenvalue weighted by molar-refractivity contribution is -0.141. The van der Waals surface area contributed by atoms with Crippen molar-refractivity contribution in [2.75, 3.05) is 33.8 Å². The van der Waals surface area contributed by atoms with E-state index in [4.69, 9.17) is 4.74 Å². The van der Waals surface area contributed by atoms with Crippen LogP contribution < -0.4 is 0 Å². The molecular formula is C14H24N2O2. The maximum atomic E-state index is 11.3. The van der Waals surface area contributed by atoms with Crippen LogP contribution in [0.1, 0.15) is 25.7 Å². The quantitative estimate of drug-likeness (QED) is 0.701. The minimum Gasteiger partial charge on any atom is -0.469 e. The first kappa shape index (κ1) is 12.4. The van der Waals surface area contributed by atoms with E-state index in [1.165, 1.54) is 39.6 Å². The van der Waals surface area contributed by atoms with Gasteiger partial charge in [0.25, 0.3) is 0 Å². The first-order valence-corrected chi connectivity index (χ1v) is 7.22. The fourth-order valence-electron chi connectivity index (χ4n) is 4.47. The normalized spacial score (nSPS) is 42.9. The Kier molecular flexibility index (Phi) is 3.32. The van der Waals surface area contributed by atoms with E-state index in [9.17, 15) is 4.79 Å². The number of carbonyl (C=O) groups excluding carboxylic acids is 1. The van der Waals surface area contributed by atoms with Crippen molar-refractivity contribution in [1.29, 1.82) is 0 Å². The highest BCUT2D eigenvalue weighted by Gasteiger charge is 2.51. The van der Waals surface area contributed by atoms with Gasteiger partial charge in [0, 0.05) is 25.0 Å². The molecular weight excluding hydrogens is 228 g/mol. The third-order valence-corrected chi connectivity index (χ3v) is 5.37. The van der Waals surface area contributed by atoms with Crippen LogP contribution in [0.15, 0.2) is 0 Å². The lowest BCUT2D eigenvalue weighted by Crippen LogP contribution is -2.57. The molecule has 4 rings (SSSR count). The van der Waals surface area contributed by atoms with Gasteiger partial charge in [0.15, 0.2) is 0 Å². The fourth-order valence-corrected chi connectivity index (χ4v) is 4.47. The standard InChI is InChI=1S/C14H24N2O2/c1-15-9-11-10-5-7-16(8-6-10)14(11)12(15)3-4-13(17)18-2/h10-12,14H,3-9H2,1-2H3. The van der Waals surface area contributed by atoms with Crippen molar-refractivity contribution in [3.8, 4) is 0 Å². The monoisotopic (exact) mass is 252 g/mol. The first-order chi connectivity index (χ1) is 8.70. The van der Waals surface area contributed by atoms with Crippen molar-refractivity contribution in [1.82, 2.24) is 9.80 Å². The van der Waals surface area contributed by atoms with Crippen molar-refractivity contribution < 1.29 is 9.53 Å². The van der Waals surface area contributed by atoms with Gasteiger partial charge in [0.05, 0.1) is 7.11 Å². The molecule has 0 spiro atoms. The average molecular weight is 252 g/mol. The number of methoxy groups -OCH3 is 1. The van der Waals surface area contributed by atoms with Crippen LogP contribution >= 0.6 is 0 Å². The molecule has 2 bridgehead atoms. The van der Waals surface area contributed by atoms with E-state index in [0.29, 0.717) is 18.5 Å². The number of piperidine rings is 3. The van der Waals surface area contributed by atoms with Crippen LogP contribution in [0, 0.1) is 11.8 Å². The van der Waals surface area contributed by atoms with E-state index in [2.05, 4.69) is 16.8 Å². The molecule has 0 aromatic heterocycles. The maximum absolute atomic E-state index is 11.3. The molecule has 4 nitrogen and oxygen atoms in total. The second-order valence-electron chi connectivity index (χ2n) is 6.15. The Balaban J connectivity index is 1.68. The van der Waals surface area contributed by atoms with Gasteiger partial charge in [0.1, 0.15) is 0 Å². The van der Waals surface area contributed by atoms with Crippen molar-refractivity contribution in [3.05, 3.63) is 0 Å².